The number of hydrogen-bond donors (Lipinski definition) is 4. The van der Waals surface area contributed by atoms with Crippen molar-refractivity contribution in [1.29, 1.82) is 0 Å². The summed E-state index contributed by atoms with van der Waals surface area (Å²) in [6, 6.07) is 9.84. The lowest BCUT2D eigenvalue weighted by molar-refractivity contribution is -0.130. The normalized spacial score (nSPS) is 21.9. The number of benzene rings is 2. The highest BCUT2D eigenvalue weighted by molar-refractivity contribution is 5.90. The first-order chi connectivity index (χ1) is 17.1. The van der Waals surface area contributed by atoms with Crippen molar-refractivity contribution in [1.82, 2.24) is 10.6 Å². The maximum Gasteiger partial charge on any atom is 0.319 e. The first kappa shape index (κ1) is 23.1. The van der Waals surface area contributed by atoms with E-state index in [0.29, 0.717) is 48.1 Å². The van der Waals surface area contributed by atoms with Crippen molar-refractivity contribution in [2.75, 3.05) is 25.5 Å². The molecule has 2 aromatic carbocycles. The molecule has 4 N–H and O–H groups in total. The molecule has 0 unspecified atom stereocenters. The Labute approximate surface area is 201 Å². The van der Waals surface area contributed by atoms with Crippen LogP contribution in [-0.2, 0) is 16.1 Å². The molecule has 3 amide bonds. The molecule has 0 radical (unpaired) electrons. The molecule has 0 bridgehead atoms. The second-order valence-electron chi connectivity index (χ2n) is 8.50. The van der Waals surface area contributed by atoms with Gasteiger partial charge in [0.25, 0.3) is 0 Å². The van der Waals surface area contributed by atoms with Gasteiger partial charge in [0.2, 0.25) is 19.5 Å². The zero-order valence-electron chi connectivity index (χ0n) is 19.0. The lowest BCUT2D eigenvalue weighted by atomic mass is 9.97. The Bertz CT molecular complexity index is 1090. The molecular formula is C24H27N3O8. The summed E-state index contributed by atoms with van der Waals surface area (Å²) >= 11 is 0. The molecule has 1 fully saturated rings. The van der Waals surface area contributed by atoms with Gasteiger partial charge in [0.1, 0.15) is 6.10 Å². The molecule has 1 saturated heterocycles. The third kappa shape index (κ3) is 5.52. The maximum absolute atomic E-state index is 12.5. The van der Waals surface area contributed by atoms with Gasteiger partial charge in [-0.3, -0.25) is 4.79 Å². The van der Waals surface area contributed by atoms with Crippen LogP contribution in [0.1, 0.15) is 24.8 Å². The molecule has 5 rings (SSSR count). The fourth-order valence-electron chi connectivity index (χ4n) is 4.29. The van der Waals surface area contributed by atoms with Gasteiger partial charge >= 0.3 is 6.03 Å². The molecule has 0 aliphatic carbocycles. The molecule has 0 spiro atoms. The highest BCUT2D eigenvalue weighted by atomic mass is 16.7. The molecular weight excluding hydrogens is 458 g/mol. The van der Waals surface area contributed by atoms with Gasteiger partial charge in [-0.05, 0) is 42.7 Å². The van der Waals surface area contributed by atoms with Gasteiger partial charge in [0.15, 0.2) is 23.0 Å². The SMILES string of the molecule is O=C(C[C@@H]1CC[C@@H](NC(=O)Nc2ccc3c(c2)OCO3)[C@@H](CO)O1)NCc1ccc2c(c1)OCO2. The molecule has 0 aromatic heterocycles. The van der Waals surface area contributed by atoms with E-state index in [1.165, 1.54) is 0 Å². The quantitative estimate of drug-likeness (QED) is 0.467. The third-order valence-electron chi connectivity index (χ3n) is 6.08. The number of ether oxygens (including phenoxy) is 5. The minimum atomic E-state index is -0.613. The number of hydrogen-bond acceptors (Lipinski definition) is 8. The highest BCUT2D eigenvalue weighted by Gasteiger charge is 2.33. The van der Waals surface area contributed by atoms with Gasteiger partial charge < -0.3 is 44.7 Å². The van der Waals surface area contributed by atoms with Crippen molar-refractivity contribution in [2.24, 2.45) is 0 Å². The zero-order chi connectivity index (χ0) is 24.2. The van der Waals surface area contributed by atoms with Crippen LogP contribution in [0.5, 0.6) is 23.0 Å². The van der Waals surface area contributed by atoms with Crippen LogP contribution in [0.25, 0.3) is 0 Å². The van der Waals surface area contributed by atoms with Crippen LogP contribution >= 0.6 is 0 Å². The molecule has 3 aliphatic heterocycles. The molecule has 2 aromatic rings. The van der Waals surface area contributed by atoms with Crippen molar-refractivity contribution in [2.45, 2.75) is 44.1 Å². The van der Waals surface area contributed by atoms with Crippen molar-refractivity contribution in [3.63, 3.8) is 0 Å². The Morgan fingerprint density at radius 2 is 1.63 bits per heavy atom. The van der Waals surface area contributed by atoms with Gasteiger partial charge in [0, 0.05) is 18.3 Å². The highest BCUT2D eigenvalue weighted by Crippen LogP contribution is 2.34. The van der Waals surface area contributed by atoms with Crippen molar-refractivity contribution in [3.05, 3.63) is 42.0 Å². The van der Waals surface area contributed by atoms with Crippen molar-refractivity contribution < 1.29 is 38.4 Å². The Hall–Kier alpha value is -3.70. The minimum absolute atomic E-state index is 0.153. The Kier molecular flexibility index (Phi) is 6.77. The van der Waals surface area contributed by atoms with E-state index in [4.69, 9.17) is 23.7 Å². The van der Waals surface area contributed by atoms with Crippen LogP contribution in [-0.4, -0.2) is 55.5 Å². The number of rotatable bonds is 7. The van der Waals surface area contributed by atoms with Crippen LogP contribution in [0.2, 0.25) is 0 Å². The number of aliphatic hydroxyl groups excluding tert-OH is 1. The number of nitrogens with one attached hydrogen (secondary N) is 3. The zero-order valence-corrected chi connectivity index (χ0v) is 19.0. The summed E-state index contributed by atoms with van der Waals surface area (Å²) in [7, 11) is 0. The van der Waals surface area contributed by atoms with Gasteiger partial charge in [0.05, 0.1) is 25.2 Å². The first-order valence-corrected chi connectivity index (χ1v) is 11.5. The van der Waals surface area contributed by atoms with Crippen LogP contribution < -0.4 is 34.9 Å². The second-order valence-corrected chi connectivity index (χ2v) is 8.50. The fourth-order valence-corrected chi connectivity index (χ4v) is 4.29. The molecule has 35 heavy (non-hydrogen) atoms. The van der Waals surface area contributed by atoms with Gasteiger partial charge in [-0.2, -0.15) is 0 Å². The standard InChI is InChI=1S/C24H27N3O8/c28-11-22-17(27-24(30)26-15-2-6-19-21(8-15)34-13-32-19)4-3-16(35-22)9-23(29)25-10-14-1-5-18-20(7-14)33-12-31-18/h1-2,5-8,16-17,22,28H,3-4,9-13H2,(H,25,29)(H2,26,27,30)/t16-,17+,22+/m0/s1. The number of carbonyl (C=O) groups excluding carboxylic acids is 2. The fraction of sp³-hybridized carbons (Fsp3) is 0.417. The smallest absolute Gasteiger partial charge is 0.319 e. The second kappa shape index (κ2) is 10.3. The number of fused-ring (bicyclic) bond motifs is 2. The van der Waals surface area contributed by atoms with Crippen LogP contribution in [0.15, 0.2) is 36.4 Å². The Balaban J connectivity index is 1.07. The van der Waals surface area contributed by atoms with Gasteiger partial charge in [-0.25, -0.2) is 4.79 Å². The molecule has 11 heteroatoms. The van der Waals surface area contributed by atoms with E-state index >= 15 is 0 Å². The molecule has 3 aliphatic rings. The largest absolute Gasteiger partial charge is 0.454 e. The van der Waals surface area contributed by atoms with E-state index in [0.717, 1.165) is 5.56 Å². The summed E-state index contributed by atoms with van der Waals surface area (Å²) in [5.41, 5.74) is 1.46. The Morgan fingerprint density at radius 3 is 2.40 bits per heavy atom. The van der Waals surface area contributed by atoms with E-state index in [1.807, 2.05) is 18.2 Å². The number of urea groups is 1. The number of carbonyl (C=O) groups is 2. The summed E-state index contributed by atoms with van der Waals surface area (Å²) in [6.07, 6.45) is 0.344. The lowest BCUT2D eigenvalue weighted by Gasteiger charge is -2.35. The van der Waals surface area contributed by atoms with Crippen molar-refractivity contribution in [3.8, 4) is 23.0 Å². The summed E-state index contributed by atoms with van der Waals surface area (Å²) in [4.78, 5) is 24.9. The predicted molar refractivity (Wildman–Crippen MR) is 123 cm³/mol. The lowest BCUT2D eigenvalue weighted by Crippen LogP contribution is -2.52. The summed E-state index contributed by atoms with van der Waals surface area (Å²) in [5.74, 6) is 2.40. The van der Waals surface area contributed by atoms with Crippen molar-refractivity contribution >= 4 is 17.6 Å². The number of anilines is 1. The average molecular weight is 485 g/mol. The summed E-state index contributed by atoms with van der Waals surface area (Å²) < 4.78 is 27.1. The monoisotopic (exact) mass is 485 g/mol. The molecule has 0 saturated carbocycles. The van der Waals surface area contributed by atoms with E-state index in [-0.39, 0.29) is 44.7 Å². The predicted octanol–water partition coefficient (Wildman–Crippen LogP) is 1.88. The van der Waals surface area contributed by atoms with Crippen LogP contribution in [0.3, 0.4) is 0 Å². The van der Waals surface area contributed by atoms with Crippen LogP contribution in [0, 0.1) is 0 Å². The molecule has 11 nitrogen and oxygen atoms in total. The third-order valence-corrected chi connectivity index (χ3v) is 6.08. The topological polar surface area (TPSA) is 137 Å². The van der Waals surface area contributed by atoms with E-state index < -0.39 is 12.1 Å². The summed E-state index contributed by atoms with van der Waals surface area (Å²) in [5, 5.41) is 18.3. The average Bonchev–Trinajstić information content (AvgIpc) is 3.52. The van der Waals surface area contributed by atoms with E-state index in [9.17, 15) is 14.7 Å². The van der Waals surface area contributed by atoms with Gasteiger partial charge in [-0.15, -0.1) is 0 Å². The summed E-state index contributed by atoms with van der Waals surface area (Å²) in [6.45, 7) is 0.437. The van der Waals surface area contributed by atoms with E-state index in [2.05, 4.69) is 16.0 Å². The van der Waals surface area contributed by atoms with E-state index in [1.54, 1.807) is 18.2 Å². The molecule has 3 heterocycles. The van der Waals surface area contributed by atoms with Gasteiger partial charge in [-0.1, -0.05) is 6.07 Å². The number of aliphatic hydroxyl groups is 1. The molecule has 3 atom stereocenters. The van der Waals surface area contributed by atoms with Crippen LogP contribution in [0.4, 0.5) is 10.5 Å². The maximum atomic E-state index is 12.5. The Morgan fingerprint density at radius 1 is 0.914 bits per heavy atom. The number of amides is 3. The first-order valence-electron chi connectivity index (χ1n) is 11.5. The molecule has 186 valence electrons. The minimum Gasteiger partial charge on any atom is -0.454 e.